The minimum Gasteiger partial charge on any atom is -0.467 e. The molecular weight excluding hydrogens is 284 g/mol. The molecule has 0 saturated carbocycles. The van der Waals surface area contributed by atoms with Gasteiger partial charge in [0.15, 0.2) is 0 Å². The lowest BCUT2D eigenvalue weighted by molar-refractivity contribution is -0.119. The molecule has 1 aromatic heterocycles. The van der Waals surface area contributed by atoms with Crippen LogP contribution >= 0.6 is 11.8 Å². The van der Waals surface area contributed by atoms with Crippen LogP contribution in [0.3, 0.4) is 0 Å². The van der Waals surface area contributed by atoms with Gasteiger partial charge in [-0.2, -0.15) is 0 Å². The van der Waals surface area contributed by atoms with Crippen LogP contribution in [-0.4, -0.2) is 11.7 Å². The van der Waals surface area contributed by atoms with Crippen molar-refractivity contribution < 1.29 is 18.0 Å². The zero-order valence-electron chi connectivity index (χ0n) is 10.7. The van der Waals surface area contributed by atoms with Gasteiger partial charge >= 0.3 is 0 Å². The van der Waals surface area contributed by atoms with E-state index < -0.39 is 11.6 Å². The second-order valence-electron chi connectivity index (χ2n) is 4.17. The number of halogens is 2. The summed E-state index contributed by atoms with van der Waals surface area (Å²) in [4.78, 5) is 12.0. The van der Waals surface area contributed by atoms with E-state index >= 15 is 0 Å². The second kappa shape index (κ2) is 6.56. The Kier molecular flexibility index (Phi) is 4.79. The molecule has 0 aliphatic rings. The number of hydrogen-bond acceptors (Lipinski definition) is 3. The van der Waals surface area contributed by atoms with Gasteiger partial charge in [0, 0.05) is 11.0 Å². The van der Waals surface area contributed by atoms with E-state index in [0.717, 1.165) is 23.9 Å². The minimum atomic E-state index is -0.665. The van der Waals surface area contributed by atoms with Crippen LogP contribution in [0.1, 0.15) is 18.7 Å². The van der Waals surface area contributed by atoms with E-state index in [1.54, 1.807) is 19.1 Å². The molecule has 0 saturated heterocycles. The van der Waals surface area contributed by atoms with E-state index in [0.29, 0.717) is 5.76 Å². The molecule has 0 aliphatic heterocycles. The zero-order valence-corrected chi connectivity index (χ0v) is 11.5. The highest BCUT2D eigenvalue weighted by atomic mass is 32.2. The van der Waals surface area contributed by atoms with Crippen LogP contribution in [0, 0.1) is 11.6 Å². The van der Waals surface area contributed by atoms with Gasteiger partial charge in [-0.05, 0) is 31.2 Å². The van der Waals surface area contributed by atoms with Crippen LogP contribution in [0.4, 0.5) is 8.78 Å². The molecule has 0 spiro atoms. The van der Waals surface area contributed by atoms with Crippen molar-refractivity contribution in [2.75, 3.05) is 5.75 Å². The lowest BCUT2D eigenvalue weighted by Crippen LogP contribution is -2.27. The van der Waals surface area contributed by atoms with E-state index in [9.17, 15) is 13.6 Å². The SMILES string of the molecule is C[C@@H](NC(=O)CSc1ccc(F)cc1F)c1ccco1. The summed E-state index contributed by atoms with van der Waals surface area (Å²) < 4.78 is 31.3. The van der Waals surface area contributed by atoms with Crippen molar-refractivity contribution in [3.05, 3.63) is 54.0 Å². The Morgan fingerprint density at radius 1 is 1.40 bits per heavy atom. The molecule has 2 aromatic rings. The molecule has 106 valence electrons. The number of nitrogens with one attached hydrogen (secondary N) is 1. The molecular formula is C14H13F2NO2S. The molecule has 3 nitrogen and oxygen atoms in total. The molecule has 2 rings (SSSR count). The van der Waals surface area contributed by atoms with Gasteiger partial charge in [0.1, 0.15) is 17.4 Å². The first-order valence-electron chi connectivity index (χ1n) is 5.97. The first-order valence-corrected chi connectivity index (χ1v) is 6.95. The standard InChI is InChI=1S/C14H13F2NO2S/c1-9(12-3-2-6-19-12)17-14(18)8-20-13-5-4-10(15)7-11(13)16/h2-7,9H,8H2,1H3,(H,17,18)/t9-/m1/s1. The Labute approximate surface area is 119 Å². The summed E-state index contributed by atoms with van der Waals surface area (Å²) in [6.07, 6.45) is 1.53. The summed E-state index contributed by atoms with van der Waals surface area (Å²) in [6, 6.07) is 6.52. The summed E-state index contributed by atoms with van der Waals surface area (Å²) in [5.74, 6) is -0.850. The third-order valence-electron chi connectivity index (χ3n) is 2.60. The highest BCUT2D eigenvalue weighted by molar-refractivity contribution is 8.00. The average molecular weight is 297 g/mol. The fourth-order valence-electron chi connectivity index (χ4n) is 1.63. The molecule has 20 heavy (non-hydrogen) atoms. The minimum absolute atomic E-state index is 0.0492. The van der Waals surface area contributed by atoms with Crippen molar-refractivity contribution >= 4 is 17.7 Å². The van der Waals surface area contributed by atoms with Crippen LogP contribution in [0.15, 0.2) is 45.9 Å². The van der Waals surface area contributed by atoms with Crippen LogP contribution in [-0.2, 0) is 4.79 Å². The monoisotopic (exact) mass is 297 g/mol. The van der Waals surface area contributed by atoms with Gasteiger partial charge in [0.25, 0.3) is 0 Å². The quantitative estimate of drug-likeness (QED) is 0.859. The number of carbonyl (C=O) groups is 1. The summed E-state index contributed by atoms with van der Waals surface area (Å²) in [7, 11) is 0. The van der Waals surface area contributed by atoms with Crippen LogP contribution in [0.25, 0.3) is 0 Å². The fraction of sp³-hybridized carbons (Fsp3) is 0.214. The zero-order chi connectivity index (χ0) is 14.5. The highest BCUT2D eigenvalue weighted by Crippen LogP contribution is 2.22. The van der Waals surface area contributed by atoms with E-state index in [2.05, 4.69) is 5.32 Å². The number of furan rings is 1. The maximum Gasteiger partial charge on any atom is 0.230 e. The van der Waals surface area contributed by atoms with Crippen molar-refractivity contribution in [1.29, 1.82) is 0 Å². The number of rotatable bonds is 5. The first kappa shape index (κ1) is 14.6. The molecule has 0 aliphatic carbocycles. The molecule has 1 amide bonds. The van der Waals surface area contributed by atoms with Crippen molar-refractivity contribution in [2.45, 2.75) is 17.9 Å². The van der Waals surface area contributed by atoms with Crippen molar-refractivity contribution in [2.24, 2.45) is 0 Å². The van der Waals surface area contributed by atoms with Gasteiger partial charge in [-0.15, -0.1) is 11.8 Å². The third kappa shape index (κ3) is 3.84. The summed E-state index contributed by atoms with van der Waals surface area (Å²) in [6.45, 7) is 1.79. The molecule has 1 N–H and O–H groups in total. The number of thioether (sulfide) groups is 1. The summed E-state index contributed by atoms with van der Waals surface area (Å²) in [5.41, 5.74) is 0. The molecule has 0 bridgehead atoms. The molecule has 0 fully saturated rings. The molecule has 1 aromatic carbocycles. The van der Waals surface area contributed by atoms with Crippen LogP contribution in [0.5, 0.6) is 0 Å². The number of benzene rings is 1. The van der Waals surface area contributed by atoms with Gasteiger partial charge in [-0.25, -0.2) is 8.78 Å². The predicted molar refractivity (Wildman–Crippen MR) is 72.3 cm³/mol. The van der Waals surface area contributed by atoms with E-state index in [-0.39, 0.29) is 22.6 Å². The smallest absolute Gasteiger partial charge is 0.230 e. The number of carbonyl (C=O) groups excluding carboxylic acids is 1. The Bertz CT molecular complexity index is 587. The topological polar surface area (TPSA) is 42.2 Å². The van der Waals surface area contributed by atoms with Gasteiger partial charge in [-0.1, -0.05) is 0 Å². The molecule has 1 atom stereocenters. The van der Waals surface area contributed by atoms with Crippen molar-refractivity contribution in [1.82, 2.24) is 5.32 Å². The second-order valence-corrected chi connectivity index (χ2v) is 5.19. The van der Waals surface area contributed by atoms with E-state index in [1.165, 1.54) is 12.3 Å². The Morgan fingerprint density at radius 3 is 2.85 bits per heavy atom. The number of hydrogen-bond donors (Lipinski definition) is 1. The summed E-state index contributed by atoms with van der Waals surface area (Å²) in [5, 5.41) is 2.73. The molecule has 1 heterocycles. The van der Waals surface area contributed by atoms with Gasteiger partial charge in [0.05, 0.1) is 18.1 Å². The largest absolute Gasteiger partial charge is 0.467 e. The summed E-state index contributed by atoms with van der Waals surface area (Å²) >= 11 is 1.02. The lowest BCUT2D eigenvalue weighted by atomic mass is 10.2. The van der Waals surface area contributed by atoms with Crippen molar-refractivity contribution in [3.8, 4) is 0 Å². The third-order valence-corrected chi connectivity index (χ3v) is 3.65. The normalized spacial score (nSPS) is 12.2. The van der Waals surface area contributed by atoms with Crippen molar-refractivity contribution in [3.63, 3.8) is 0 Å². The van der Waals surface area contributed by atoms with Gasteiger partial charge < -0.3 is 9.73 Å². The number of amides is 1. The average Bonchev–Trinajstić information content (AvgIpc) is 2.91. The van der Waals surface area contributed by atoms with E-state index in [4.69, 9.17) is 4.42 Å². The van der Waals surface area contributed by atoms with Gasteiger partial charge in [-0.3, -0.25) is 4.79 Å². The Hall–Kier alpha value is -1.82. The van der Waals surface area contributed by atoms with Crippen LogP contribution in [0.2, 0.25) is 0 Å². The maximum atomic E-state index is 13.4. The Balaban J connectivity index is 1.86. The van der Waals surface area contributed by atoms with Crippen LogP contribution < -0.4 is 5.32 Å². The fourth-order valence-corrected chi connectivity index (χ4v) is 2.36. The van der Waals surface area contributed by atoms with Gasteiger partial charge in [0.2, 0.25) is 5.91 Å². The maximum absolute atomic E-state index is 13.4. The first-order chi connectivity index (χ1) is 9.56. The molecule has 6 heteroatoms. The highest BCUT2D eigenvalue weighted by Gasteiger charge is 2.13. The predicted octanol–water partition coefficient (Wildman–Crippen LogP) is 3.53. The lowest BCUT2D eigenvalue weighted by Gasteiger charge is -2.11. The molecule has 0 radical (unpaired) electrons. The molecule has 0 unspecified atom stereocenters. The van der Waals surface area contributed by atoms with E-state index in [1.807, 2.05) is 0 Å². The Morgan fingerprint density at radius 2 is 2.20 bits per heavy atom.